The summed E-state index contributed by atoms with van der Waals surface area (Å²) < 4.78 is 28.3. The van der Waals surface area contributed by atoms with Crippen LogP contribution in [0.3, 0.4) is 0 Å². The average Bonchev–Trinajstić information content (AvgIpc) is 2.34. The quantitative estimate of drug-likeness (QED) is 0.808. The van der Waals surface area contributed by atoms with Gasteiger partial charge in [-0.1, -0.05) is 12.1 Å². The Hall–Kier alpha value is -1.01. The normalized spacial score (nSPS) is 12.5. The molecule has 0 aliphatic heterocycles. The van der Waals surface area contributed by atoms with Gasteiger partial charge in [0.1, 0.15) is 11.6 Å². The minimum Gasteiger partial charge on any atom is -0.320 e. The second-order valence-corrected chi connectivity index (χ2v) is 5.40. The highest BCUT2D eigenvalue weighted by Crippen LogP contribution is 2.25. The Balaban J connectivity index is 2.42. The Kier molecular flexibility index (Phi) is 3.97. The Labute approximate surface area is 118 Å². The maximum absolute atomic E-state index is 13.8. The molecule has 1 atom stereocenters. The summed E-state index contributed by atoms with van der Waals surface area (Å²) in [7, 11) is 0. The first kappa shape index (κ1) is 13.4. The Bertz CT molecular complexity index is 567. The van der Waals surface area contributed by atoms with Gasteiger partial charge < -0.3 is 5.73 Å². The maximum atomic E-state index is 13.8. The van der Waals surface area contributed by atoms with Crippen LogP contribution in [-0.2, 0) is 0 Å². The van der Waals surface area contributed by atoms with Gasteiger partial charge >= 0.3 is 0 Å². The average molecular weight is 359 g/mol. The number of rotatable bonds is 2. The van der Waals surface area contributed by atoms with Crippen molar-refractivity contribution in [2.24, 2.45) is 5.73 Å². The summed E-state index contributed by atoms with van der Waals surface area (Å²) in [6.07, 6.45) is 0. The zero-order chi connectivity index (χ0) is 13.3. The lowest BCUT2D eigenvalue weighted by Crippen LogP contribution is -2.14. The third-order valence-electron chi connectivity index (χ3n) is 2.84. The van der Waals surface area contributed by atoms with Crippen LogP contribution >= 0.6 is 22.6 Å². The summed E-state index contributed by atoms with van der Waals surface area (Å²) in [6, 6.07) is 9.12. The highest BCUT2D eigenvalue weighted by Gasteiger charge is 2.15. The first-order valence-corrected chi connectivity index (χ1v) is 6.53. The lowest BCUT2D eigenvalue weighted by molar-refractivity contribution is 0.570. The molecule has 0 aliphatic carbocycles. The van der Waals surface area contributed by atoms with Gasteiger partial charge in [0.15, 0.2) is 0 Å². The standard InChI is InChI=1S/C14H12F2IN/c1-8-6-13(16)11(7-12(8)15)14(18)9-2-4-10(17)5-3-9/h2-7,14H,18H2,1H3. The minimum absolute atomic E-state index is 0.180. The van der Waals surface area contributed by atoms with Gasteiger partial charge in [0.2, 0.25) is 0 Å². The van der Waals surface area contributed by atoms with E-state index in [1.807, 2.05) is 24.3 Å². The second kappa shape index (κ2) is 5.32. The van der Waals surface area contributed by atoms with Crippen LogP contribution < -0.4 is 5.73 Å². The Morgan fingerprint density at radius 3 is 2.28 bits per heavy atom. The maximum Gasteiger partial charge on any atom is 0.128 e. The van der Waals surface area contributed by atoms with Crippen LogP contribution in [-0.4, -0.2) is 0 Å². The van der Waals surface area contributed by atoms with E-state index in [2.05, 4.69) is 22.6 Å². The number of halogens is 3. The van der Waals surface area contributed by atoms with E-state index in [4.69, 9.17) is 5.73 Å². The number of benzene rings is 2. The molecule has 0 aliphatic rings. The molecule has 0 amide bonds. The highest BCUT2D eigenvalue weighted by molar-refractivity contribution is 14.1. The van der Waals surface area contributed by atoms with E-state index in [1.165, 1.54) is 19.1 Å². The van der Waals surface area contributed by atoms with E-state index in [-0.39, 0.29) is 11.1 Å². The monoisotopic (exact) mass is 359 g/mol. The van der Waals surface area contributed by atoms with E-state index in [9.17, 15) is 8.78 Å². The second-order valence-electron chi connectivity index (χ2n) is 4.15. The summed E-state index contributed by atoms with van der Waals surface area (Å²) in [5, 5.41) is 0. The van der Waals surface area contributed by atoms with Crippen LogP contribution in [0.4, 0.5) is 8.78 Å². The van der Waals surface area contributed by atoms with Crippen molar-refractivity contribution < 1.29 is 8.78 Å². The Morgan fingerprint density at radius 2 is 1.67 bits per heavy atom. The molecule has 0 spiro atoms. The van der Waals surface area contributed by atoms with Gasteiger partial charge in [0.05, 0.1) is 6.04 Å². The molecular weight excluding hydrogens is 347 g/mol. The van der Waals surface area contributed by atoms with Crippen molar-refractivity contribution in [3.8, 4) is 0 Å². The molecule has 0 radical (unpaired) electrons. The zero-order valence-corrected chi connectivity index (χ0v) is 11.9. The number of hydrogen-bond donors (Lipinski definition) is 1. The van der Waals surface area contributed by atoms with Gasteiger partial charge in [-0.2, -0.15) is 0 Å². The van der Waals surface area contributed by atoms with Crippen molar-refractivity contribution in [2.45, 2.75) is 13.0 Å². The lowest BCUT2D eigenvalue weighted by Gasteiger charge is -2.14. The van der Waals surface area contributed by atoms with Crippen LogP contribution in [0.15, 0.2) is 36.4 Å². The van der Waals surface area contributed by atoms with Gasteiger partial charge in [-0.15, -0.1) is 0 Å². The van der Waals surface area contributed by atoms with Gasteiger partial charge in [-0.25, -0.2) is 8.78 Å². The van der Waals surface area contributed by atoms with Crippen LogP contribution in [0.5, 0.6) is 0 Å². The van der Waals surface area contributed by atoms with Crippen LogP contribution in [0.2, 0.25) is 0 Å². The summed E-state index contributed by atoms with van der Waals surface area (Å²) in [5.74, 6) is -0.910. The molecule has 2 rings (SSSR count). The molecule has 1 unspecified atom stereocenters. The molecule has 0 bridgehead atoms. The zero-order valence-electron chi connectivity index (χ0n) is 9.75. The highest BCUT2D eigenvalue weighted by atomic mass is 127. The molecule has 1 nitrogen and oxygen atoms in total. The summed E-state index contributed by atoms with van der Waals surface area (Å²) in [6.45, 7) is 1.53. The van der Waals surface area contributed by atoms with Crippen molar-refractivity contribution in [2.75, 3.05) is 0 Å². The molecule has 0 heterocycles. The third kappa shape index (κ3) is 2.70. The molecule has 18 heavy (non-hydrogen) atoms. The molecule has 4 heteroatoms. The van der Waals surface area contributed by atoms with Crippen LogP contribution in [0.25, 0.3) is 0 Å². The summed E-state index contributed by atoms with van der Waals surface area (Å²) in [5.41, 5.74) is 7.20. The van der Waals surface area contributed by atoms with Gasteiger partial charge in [-0.05, 0) is 64.9 Å². The van der Waals surface area contributed by atoms with Crippen molar-refractivity contribution in [1.82, 2.24) is 0 Å². The van der Waals surface area contributed by atoms with E-state index in [0.29, 0.717) is 0 Å². The fraction of sp³-hybridized carbons (Fsp3) is 0.143. The Morgan fingerprint density at radius 1 is 1.06 bits per heavy atom. The number of aryl methyl sites for hydroxylation is 1. The predicted molar refractivity (Wildman–Crippen MR) is 76.3 cm³/mol. The third-order valence-corrected chi connectivity index (χ3v) is 3.56. The van der Waals surface area contributed by atoms with Crippen molar-refractivity contribution in [3.63, 3.8) is 0 Å². The van der Waals surface area contributed by atoms with E-state index >= 15 is 0 Å². The molecule has 2 aromatic rings. The first-order chi connectivity index (χ1) is 8.49. The summed E-state index contributed by atoms with van der Waals surface area (Å²) >= 11 is 2.18. The van der Waals surface area contributed by atoms with E-state index in [1.54, 1.807) is 0 Å². The number of hydrogen-bond acceptors (Lipinski definition) is 1. The summed E-state index contributed by atoms with van der Waals surface area (Å²) in [4.78, 5) is 0. The lowest BCUT2D eigenvalue weighted by atomic mass is 9.98. The van der Waals surface area contributed by atoms with Crippen LogP contribution in [0, 0.1) is 22.1 Å². The smallest absolute Gasteiger partial charge is 0.128 e. The largest absolute Gasteiger partial charge is 0.320 e. The van der Waals surface area contributed by atoms with Crippen molar-refractivity contribution in [3.05, 3.63) is 68.3 Å². The fourth-order valence-corrected chi connectivity index (χ4v) is 2.11. The SMILES string of the molecule is Cc1cc(F)c(C(N)c2ccc(I)cc2)cc1F. The van der Waals surface area contributed by atoms with Crippen molar-refractivity contribution >= 4 is 22.6 Å². The van der Waals surface area contributed by atoms with Crippen molar-refractivity contribution in [1.29, 1.82) is 0 Å². The molecule has 0 saturated carbocycles. The molecule has 2 N–H and O–H groups in total. The molecule has 0 fully saturated rings. The van der Waals surface area contributed by atoms with Gasteiger partial charge in [0.25, 0.3) is 0 Å². The fourth-order valence-electron chi connectivity index (χ4n) is 1.75. The molecule has 94 valence electrons. The first-order valence-electron chi connectivity index (χ1n) is 5.45. The van der Waals surface area contributed by atoms with Crippen LogP contribution in [0.1, 0.15) is 22.7 Å². The van der Waals surface area contributed by atoms with E-state index in [0.717, 1.165) is 9.13 Å². The van der Waals surface area contributed by atoms with Gasteiger partial charge in [-0.3, -0.25) is 0 Å². The van der Waals surface area contributed by atoms with Gasteiger partial charge in [0, 0.05) is 9.13 Å². The molecular formula is C14H12F2IN. The minimum atomic E-state index is -0.655. The molecule has 0 saturated heterocycles. The number of nitrogens with two attached hydrogens (primary N) is 1. The molecule has 0 aromatic heterocycles. The topological polar surface area (TPSA) is 26.0 Å². The predicted octanol–water partition coefficient (Wildman–Crippen LogP) is 3.93. The van der Waals surface area contributed by atoms with E-state index < -0.39 is 17.7 Å². The molecule has 2 aromatic carbocycles.